The molecule has 17 heavy (non-hydrogen) atoms. The average Bonchev–Trinajstić information content (AvgIpc) is 2.92. The van der Waals surface area contributed by atoms with Crippen molar-refractivity contribution >= 4 is 17.2 Å². The first-order valence-electron chi connectivity index (χ1n) is 5.74. The van der Waals surface area contributed by atoms with Crippen LogP contribution in [0.15, 0.2) is 47.8 Å². The largest absolute Gasteiger partial charge is 0.348 e. The molecule has 1 amide bonds. The minimum absolute atomic E-state index is 0.0587. The smallest absolute Gasteiger partial charge is 0.261 e. The molecule has 1 aromatic carbocycles. The number of benzene rings is 1. The molecular formula is C14H13NOS. The highest BCUT2D eigenvalue weighted by Crippen LogP contribution is 2.40. The Labute approximate surface area is 104 Å². The number of amides is 1. The highest BCUT2D eigenvalue weighted by Gasteiger charge is 2.39. The molecule has 0 radical (unpaired) electrons. The molecule has 1 aromatic heterocycles. The van der Waals surface area contributed by atoms with E-state index in [1.165, 1.54) is 16.9 Å². The van der Waals surface area contributed by atoms with Crippen molar-refractivity contribution in [1.82, 2.24) is 5.32 Å². The van der Waals surface area contributed by atoms with Crippen molar-refractivity contribution < 1.29 is 4.79 Å². The fourth-order valence-electron chi connectivity index (χ4n) is 2.07. The van der Waals surface area contributed by atoms with Gasteiger partial charge in [0, 0.05) is 12.0 Å². The lowest BCUT2D eigenvalue weighted by atomic mass is 10.1. The minimum Gasteiger partial charge on any atom is -0.348 e. The van der Waals surface area contributed by atoms with Gasteiger partial charge in [-0.15, -0.1) is 11.3 Å². The Bertz CT molecular complexity index is 506. The van der Waals surface area contributed by atoms with Gasteiger partial charge in [0.25, 0.3) is 5.91 Å². The molecule has 1 aliphatic carbocycles. The van der Waals surface area contributed by atoms with Gasteiger partial charge < -0.3 is 5.32 Å². The van der Waals surface area contributed by atoms with E-state index in [0.717, 1.165) is 11.3 Å². The monoisotopic (exact) mass is 243 g/mol. The third kappa shape index (κ3) is 2.24. The Kier molecular flexibility index (Phi) is 2.69. The van der Waals surface area contributed by atoms with Gasteiger partial charge in [0.1, 0.15) is 0 Å². The highest BCUT2D eigenvalue weighted by atomic mass is 32.1. The number of nitrogens with one attached hydrogen (secondary N) is 1. The number of carbonyl (C=O) groups is 1. The first-order valence-corrected chi connectivity index (χ1v) is 6.62. The lowest BCUT2D eigenvalue weighted by Crippen LogP contribution is -2.25. The number of thiophene rings is 1. The van der Waals surface area contributed by atoms with Crippen molar-refractivity contribution in [2.75, 3.05) is 0 Å². The van der Waals surface area contributed by atoms with E-state index in [2.05, 4.69) is 17.4 Å². The summed E-state index contributed by atoms with van der Waals surface area (Å²) < 4.78 is 0. The number of hydrogen-bond donors (Lipinski definition) is 1. The van der Waals surface area contributed by atoms with Gasteiger partial charge in [0.15, 0.2) is 0 Å². The Morgan fingerprint density at radius 2 is 2.00 bits per heavy atom. The SMILES string of the molecule is O=C(N[C@@H]1C[C@@H]1c1ccccc1)c1cccs1. The van der Waals surface area contributed by atoms with Crippen LogP contribution in [-0.4, -0.2) is 11.9 Å². The van der Waals surface area contributed by atoms with Crippen molar-refractivity contribution in [3.8, 4) is 0 Å². The zero-order chi connectivity index (χ0) is 11.7. The summed E-state index contributed by atoms with van der Waals surface area (Å²) in [6.07, 6.45) is 1.06. The fourth-order valence-corrected chi connectivity index (χ4v) is 2.70. The summed E-state index contributed by atoms with van der Waals surface area (Å²) in [6.45, 7) is 0. The van der Waals surface area contributed by atoms with E-state index in [1.54, 1.807) is 0 Å². The van der Waals surface area contributed by atoms with E-state index in [0.29, 0.717) is 12.0 Å². The molecule has 0 spiro atoms. The highest BCUT2D eigenvalue weighted by molar-refractivity contribution is 7.12. The van der Waals surface area contributed by atoms with Crippen LogP contribution < -0.4 is 5.32 Å². The van der Waals surface area contributed by atoms with Crippen molar-refractivity contribution in [3.63, 3.8) is 0 Å². The van der Waals surface area contributed by atoms with Crippen LogP contribution in [0.1, 0.15) is 27.6 Å². The molecule has 0 aliphatic heterocycles. The zero-order valence-corrected chi connectivity index (χ0v) is 10.1. The molecule has 1 N–H and O–H groups in total. The standard InChI is InChI=1S/C14H13NOS/c16-14(13-7-4-8-17-13)15-12-9-11(12)10-5-2-1-3-6-10/h1-8,11-12H,9H2,(H,15,16)/t11-,12-/m1/s1. The average molecular weight is 243 g/mol. The maximum absolute atomic E-state index is 11.8. The molecule has 2 atom stereocenters. The van der Waals surface area contributed by atoms with Gasteiger partial charge in [-0.1, -0.05) is 36.4 Å². The van der Waals surface area contributed by atoms with Crippen LogP contribution in [0.4, 0.5) is 0 Å². The summed E-state index contributed by atoms with van der Waals surface area (Å²) >= 11 is 1.49. The molecule has 1 saturated carbocycles. The van der Waals surface area contributed by atoms with E-state index in [9.17, 15) is 4.79 Å². The molecule has 0 bridgehead atoms. The van der Waals surface area contributed by atoms with Crippen molar-refractivity contribution in [2.24, 2.45) is 0 Å². The predicted octanol–water partition coefficient (Wildman–Crippen LogP) is 3.03. The second-order valence-electron chi connectivity index (χ2n) is 4.31. The summed E-state index contributed by atoms with van der Waals surface area (Å²) in [5, 5.41) is 5.00. The van der Waals surface area contributed by atoms with E-state index in [-0.39, 0.29) is 5.91 Å². The first-order chi connectivity index (χ1) is 8.34. The van der Waals surface area contributed by atoms with Crippen LogP contribution in [0.5, 0.6) is 0 Å². The van der Waals surface area contributed by atoms with Crippen LogP contribution in [-0.2, 0) is 0 Å². The number of hydrogen-bond acceptors (Lipinski definition) is 2. The molecule has 1 aliphatic rings. The van der Waals surface area contributed by atoms with Gasteiger partial charge in [0.05, 0.1) is 4.88 Å². The summed E-state index contributed by atoms with van der Waals surface area (Å²) in [5.41, 5.74) is 1.32. The van der Waals surface area contributed by atoms with Crippen LogP contribution in [0, 0.1) is 0 Å². The lowest BCUT2D eigenvalue weighted by Gasteiger charge is -2.02. The van der Waals surface area contributed by atoms with Crippen LogP contribution in [0.3, 0.4) is 0 Å². The maximum atomic E-state index is 11.8. The Balaban J connectivity index is 1.61. The van der Waals surface area contributed by atoms with Crippen LogP contribution >= 0.6 is 11.3 Å². The third-order valence-corrected chi connectivity index (χ3v) is 3.95. The minimum atomic E-state index is 0.0587. The molecule has 3 heteroatoms. The molecule has 86 valence electrons. The quantitative estimate of drug-likeness (QED) is 0.882. The summed E-state index contributed by atoms with van der Waals surface area (Å²) in [5.74, 6) is 0.559. The number of rotatable bonds is 3. The Morgan fingerprint density at radius 1 is 1.18 bits per heavy atom. The summed E-state index contributed by atoms with van der Waals surface area (Å²) in [4.78, 5) is 12.6. The van der Waals surface area contributed by atoms with Gasteiger partial charge in [-0.25, -0.2) is 0 Å². The zero-order valence-electron chi connectivity index (χ0n) is 9.30. The topological polar surface area (TPSA) is 29.1 Å². The fraction of sp³-hybridized carbons (Fsp3) is 0.214. The lowest BCUT2D eigenvalue weighted by molar-refractivity contribution is 0.0954. The number of carbonyl (C=O) groups excluding carboxylic acids is 1. The van der Waals surface area contributed by atoms with Crippen LogP contribution in [0.25, 0.3) is 0 Å². The summed E-state index contributed by atoms with van der Waals surface area (Å²) in [7, 11) is 0. The second-order valence-corrected chi connectivity index (χ2v) is 5.26. The second kappa shape index (κ2) is 4.34. The van der Waals surface area contributed by atoms with E-state index >= 15 is 0 Å². The van der Waals surface area contributed by atoms with Crippen molar-refractivity contribution in [2.45, 2.75) is 18.4 Å². The molecule has 2 nitrogen and oxygen atoms in total. The molecule has 1 heterocycles. The van der Waals surface area contributed by atoms with Crippen molar-refractivity contribution in [3.05, 3.63) is 58.3 Å². The molecule has 0 saturated heterocycles. The Morgan fingerprint density at radius 3 is 2.71 bits per heavy atom. The predicted molar refractivity (Wildman–Crippen MR) is 69.4 cm³/mol. The third-order valence-electron chi connectivity index (χ3n) is 3.08. The van der Waals surface area contributed by atoms with E-state index < -0.39 is 0 Å². The van der Waals surface area contributed by atoms with Gasteiger partial charge in [0.2, 0.25) is 0 Å². The molecular weight excluding hydrogens is 230 g/mol. The summed E-state index contributed by atoms with van der Waals surface area (Å²) in [6, 6.07) is 14.4. The van der Waals surface area contributed by atoms with E-state index in [1.807, 2.05) is 35.7 Å². The normalized spacial score (nSPS) is 22.1. The Hall–Kier alpha value is -1.61. The van der Waals surface area contributed by atoms with Gasteiger partial charge in [-0.05, 0) is 23.4 Å². The van der Waals surface area contributed by atoms with E-state index in [4.69, 9.17) is 0 Å². The molecule has 1 fully saturated rings. The van der Waals surface area contributed by atoms with Gasteiger partial charge >= 0.3 is 0 Å². The molecule has 2 aromatic rings. The maximum Gasteiger partial charge on any atom is 0.261 e. The molecule has 3 rings (SSSR count). The van der Waals surface area contributed by atoms with Crippen LogP contribution in [0.2, 0.25) is 0 Å². The molecule has 0 unspecified atom stereocenters. The first kappa shape index (κ1) is 10.5. The van der Waals surface area contributed by atoms with Crippen molar-refractivity contribution in [1.29, 1.82) is 0 Å². The van der Waals surface area contributed by atoms with Gasteiger partial charge in [-0.3, -0.25) is 4.79 Å². The van der Waals surface area contributed by atoms with Gasteiger partial charge in [-0.2, -0.15) is 0 Å².